The molecule has 1 rings (SSSR count). The Bertz CT molecular complexity index is 359. The van der Waals surface area contributed by atoms with E-state index in [1.807, 2.05) is 0 Å². The first kappa shape index (κ1) is 14.7. The Morgan fingerprint density at radius 2 is 2.00 bits per heavy atom. The largest absolute Gasteiger partial charge is 1.00 e. The summed E-state index contributed by atoms with van der Waals surface area (Å²) in [6, 6.07) is 2.78. The molecule has 0 aliphatic heterocycles. The molecule has 0 radical (unpaired) electrons. The number of halogens is 2. The molecule has 1 unspecified atom stereocenters. The van der Waals surface area contributed by atoms with Gasteiger partial charge in [0.05, 0.1) is 12.1 Å². The van der Waals surface area contributed by atoms with Gasteiger partial charge < -0.3 is 9.29 Å². The van der Waals surface area contributed by atoms with Gasteiger partial charge in [-0.1, -0.05) is 23.2 Å². The first-order valence-corrected chi connectivity index (χ1v) is 5.06. The number of ether oxygens (including phenoxy) is 1. The summed E-state index contributed by atoms with van der Waals surface area (Å²) in [7, 11) is 1.37. The van der Waals surface area contributed by atoms with Gasteiger partial charge in [0, 0.05) is 5.02 Å². The van der Waals surface area contributed by atoms with E-state index in [0.717, 1.165) is 0 Å². The van der Waals surface area contributed by atoms with Crippen LogP contribution >= 0.6 is 23.2 Å². The van der Waals surface area contributed by atoms with Crippen LogP contribution in [-0.2, 0) is 11.1 Å². The van der Waals surface area contributed by atoms with Crippen molar-refractivity contribution in [3.8, 4) is 5.75 Å². The van der Waals surface area contributed by atoms with Gasteiger partial charge in [-0.25, -0.2) is 4.21 Å². The molecule has 14 heavy (non-hydrogen) atoms. The molecule has 0 spiro atoms. The van der Waals surface area contributed by atoms with Crippen molar-refractivity contribution >= 4 is 34.3 Å². The van der Waals surface area contributed by atoms with Gasteiger partial charge in [-0.15, -0.1) is 0 Å². The number of methoxy groups -OCH3 is 1. The van der Waals surface area contributed by atoms with Crippen molar-refractivity contribution in [3.63, 3.8) is 0 Å². The van der Waals surface area contributed by atoms with Gasteiger partial charge in [0.2, 0.25) is 0 Å². The summed E-state index contributed by atoms with van der Waals surface area (Å²) in [4.78, 5) is 0.0694. The summed E-state index contributed by atoms with van der Waals surface area (Å²) in [5.41, 5.74) is 0. The summed E-state index contributed by atoms with van der Waals surface area (Å²) in [6.07, 6.45) is 0. The maximum absolute atomic E-state index is 10.8. The molecule has 1 atom stereocenters. The summed E-state index contributed by atoms with van der Waals surface area (Å²) >= 11 is 9.21. The molecule has 0 amide bonds. The molecule has 1 aromatic rings. The molecule has 0 saturated carbocycles. The maximum atomic E-state index is 10.8. The third kappa shape index (κ3) is 3.38. The van der Waals surface area contributed by atoms with Crippen LogP contribution < -0.4 is 34.3 Å². The normalized spacial score (nSPS) is 11.7. The molecule has 0 aromatic heterocycles. The van der Waals surface area contributed by atoms with Crippen molar-refractivity contribution in [2.75, 3.05) is 7.11 Å². The zero-order chi connectivity index (χ0) is 10.0. The number of rotatable bonds is 2. The fourth-order valence-corrected chi connectivity index (χ4v) is 2.14. The third-order valence-corrected chi connectivity index (χ3v) is 2.55. The molecule has 1 N–H and O–H groups in total. The van der Waals surface area contributed by atoms with Crippen molar-refractivity contribution in [2.24, 2.45) is 0 Å². The predicted molar refractivity (Wildman–Crippen MR) is 52.1 cm³/mol. The Kier molecular flexibility index (Phi) is 6.65. The zero-order valence-corrected chi connectivity index (χ0v) is 11.9. The molecule has 0 heterocycles. The van der Waals surface area contributed by atoms with Crippen LogP contribution in [0.15, 0.2) is 17.0 Å². The second-order valence-corrected chi connectivity index (χ2v) is 3.95. The summed E-state index contributed by atoms with van der Waals surface area (Å²) in [5, 5.41) is 0.510. The fraction of sp³-hybridized carbons (Fsp3) is 0.143. The molecule has 0 saturated heterocycles. The van der Waals surface area contributed by atoms with Gasteiger partial charge in [0.25, 0.3) is 0 Å². The van der Waals surface area contributed by atoms with Gasteiger partial charge in [0.1, 0.15) is 4.90 Å². The van der Waals surface area contributed by atoms with E-state index < -0.39 is 11.1 Å². The van der Waals surface area contributed by atoms with Gasteiger partial charge in [-0.2, -0.15) is 0 Å². The van der Waals surface area contributed by atoms with Crippen LogP contribution in [0.5, 0.6) is 5.75 Å². The molecule has 3 nitrogen and oxygen atoms in total. The monoisotopic (exact) mass is 263 g/mol. The Balaban J connectivity index is 0.00000169. The van der Waals surface area contributed by atoms with Crippen LogP contribution in [0, 0.1) is 0 Å². The zero-order valence-electron chi connectivity index (χ0n) is 7.58. The molecular weight excluding hydrogens is 258 g/mol. The predicted octanol–water partition coefficient (Wildman–Crippen LogP) is -0.413. The standard InChI is InChI=1S/C7H6Cl2O3S.Na/c1-12-7-5(9)2-4(8)3-6(7)13(10)11;/h2-3H,1H3,(H,10,11);/q;+1. The molecule has 0 fully saturated rings. The van der Waals surface area contributed by atoms with Gasteiger partial charge >= 0.3 is 29.6 Å². The summed E-state index contributed by atoms with van der Waals surface area (Å²) in [5.74, 6) is 0.173. The van der Waals surface area contributed by atoms with Crippen LogP contribution in [0.2, 0.25) is 10.0 Å². The van der Waals surface area contributed by atoms with E-state index in [1.165, 1.54) is 19.2 Å². The molecular formula is C7H6Cl2NaO3S+. The van der Waals surface area contributed by atoms with Crippen molar-refractivity contribution in [1.29, 1.82) is 0 Å². The molecule has 72 valence electrons. The van der Waals surface area contributed by atoms with E-state index in [2.05, 4.69) is 0 Å². The Labute approximate surface area is 116 Å². The smallest absolute Gasteiger partial charge is 0.494 e. The van der Waals surface area contributed by atoms with Crippen LogP contribution in [0.25, 0.3) is 0 Å². The topological polar surface area (TPSA) is 46.5 Å². The molecule has 7 heteroatoms. The van der Waals surface area contributed by atoms with Gasteiger partial charge in [0.15, 0.2) is 16.8 Å². The SMILES string of the molecule is COc1c(Cl)cc(Cl)cc1S(=O)O.[Na+]. The summed E-state index contributed by atoms with van der Waals surface area (Å²) in [6.45, 7) is 0. The minimum atomic E-state index is -2.15. The minimum Gasteiger partial charge on any atom is -0.494 e. The van der Waals surface area contributed by atoms with Crippen LogP contribution in [0.3, 0.4) is 0 Å². The van der Waals surface area contributed by atoms with E-state index >= 15 is 0 Å². The number of hydrogen-bond donors (Lipinski definition) is 1. The Morgan fingerprint density at radius 1 is 1.43 bits per heavy atom. The van der Waals surface area contributed by atoms with Crippen LogP contribution in [0.1, 0.15) is 0 Å². The van der Waals surface area contributed by atoms with Gasteiger partial charge in [-0.05, 0) is 12.1 Å². The molecule has 0 aliphatic carbocycles. The first-order chi connectivity index (χ1) is 6.06. The van der Waals surface area contributed by atoms with E-state index in [4.69, 9.17) is 32.5 Å². The quantitative estimate of drug-likeness (QED) is 0.583. The second kappa shape index (κ2) is 6.33. The summed E-state index contributed by atoms with van der Waals surface area (Å²) < 4.78 is 24.5. The fourth-order valence-electron chi connectivity index (χ4n) is 0.865. The van der Waals surface area contributed by atoms with Crippen molar-refractivity contribution in [1.82, 2.24) is 0 Å². The molecule has 0 aliphatic rings. The Morgan fingerprint density at radius 3 is 2.43 bits per heavy atom. The third-order valence-electron chi connectivity index (χ3n) is 1.37. The molecule has 1 aromatic carbocycles. The second-order valence-electron chi connectivity index (χ2n) is 2.17. The average molecular weight is 264 g/mol. The average Bonchev–Trinajstić information content (AvgIpc) is 2.02. The minimum absolute atomic E-state index is 0. The maximum Gasteiger partial charge on any atom is 1.00 e. The van der Waals surface area contributed by atoms with Crippen LogP contribution in [-0.4, -0.2) is 15.9 Å². The van der Waals surface area contributed by atoms with Crippen LogP contribution in [0.4, 0.5) is 0 Å². The van der Waals surface area contributed by atoms with E-state index in [1.54, 1.807) is 0 Å². The number of hydrogen-bond acceptors (Lipinski definition) is 2. The van der Waals surface area contributed by atoms with Gasteiger partial charge in [-0.3, -0.25) is 0 Å². The number of benzene rings is 1. The van der Waals surface area contributed by atoms with Crippen molar-refractivity contribution in [3.05, 3.63) is 22.2 Å². The van der Waals surface area contributed by atoms with E-state index in [9.17, 15) is 4.21 Å². The molecule has 0 bridgehead atoms. The first-order valence-electron chi connectivity index (χ1n) is 3.20. The van der Waals surface area contributed by atoms with E-state index in [-0.39, 0.29) is 45.2 Å². The van der Waals surface area contributed by atoms with E-state index in [0.29, 0.717) is 5.02 Å². The van der Waals surface area contributed by atoms with Crippen molar-refractivity contribution in [2.45, 2.75) is 4.90 Å². The Hall–Kier alpha value is 0.710. The van der Waals surface area contributed by atoms with Crippen molar-refractivity contribution < 1.29 is 43.1 Å².